The number of rotatable bonds is 6. The minimum atomic E-state index is -4.56. The third-order valence-electron chi connectivity index (χ3n) is 6.27. The van der Waals surface area contributed by atoms with Crippen molar-refractivity contribution in [2.45, 2.75) is 43.4 Å². The summed E-state index contributed by atoms with van der Waals surface area (Å²) in [4.78, 5) is 26.8. The van der Waals surface area contributed by atoms with Crippen LogP contribution in [-0.4, -0.2) is 11.9 Å². The van der Waals surface area contributed by atoms with Crippen LogP contribution in [0.1, 0.15) is 48.5 Å². The van der Waals surface area contributed by atoms with E-state index >= 15 is 0 Å². The minimum Gasteiger partial charge on any atom is -0.447 e. The molecule has 1 fully saturated rings. The Hall–Kier alpha value is -3.32. The molecule has 0 radical (unpaired) electrons. The molecule has 182 valence electrons. The first-order chi connectivity index (χ1) is 16.7. The Bertz CT molecular complexity index is 1190. The Kier molecular flexibility index (Phi) is 7.17. The van der Waals surface area contributed by atoms with Gasteiger partial charge in [0, 0.05) is 16.3 Å². The lowest BCUT2D eigenvalue weighted by Crippen LogP contribution is -2.37. The van der Waals surface area contributed by atoms with Gasteiger partial charge in [0.1, 0.15) is 0 Å². The molecule has 1 amide bonds. The van der Waals surface area contributed by atoms with Gasteiger partial charge in [-0.1, -0.05) is 73.0 Å². The molecule has 0 aromatic heterocycles. The molecule has 0 aliphatic heterocycles. The molecule has 0 bridgehead atoms. The van der Waals surface area contributed by atoms with Gasteiger partial charge in [0.05, 0.1) is 11.0 Å². The normalized spacial score (nSPS) is 15.9. The third-order valence-corrected chi connectivity index (χ3v) is 6.52. The summed E-state index contributed by atoms with van der Waals surface area (Å²) in [5.74, 6) is -1.29. The van der Waals surface area contributed by atoms with Gasteiger partial charge in [-0.25, -0.2) is 0 Å². The predicted molar refractivity (Wildman–Crippen MR) is 127 cm³/mol. The summed E-state index contributed by atoms with van der Waals surface area (Å²) < 4.78 is 45.2. The number of anilines is 1. The summed E-state index contributed by atoms with van der Waals surface area (Å²) in [6.45, 7) is 0. The first-order valence-electron chi connectivity index (χ1n) is 11.2. The maximum atomic E-state index is 13.6. The molecule has 0 spiro atoms. The quantitative estimate of drug-likeness (QED) is 0.367. The summed E-state index contributed by atoms with van der Waals surface area (Å²) >= 11 is 6.03. The third kappa shape index (κ3) is 5.51. The van der Waals surface area contributed by atoms with Crippen molar-refractivity contribution >= 4 is 29.2 Å². The van der Waals surface area contributed by atoms with E-state index in [4.69, 9.17) is 16.3 Å². The number of carbonyl (C=O) groups excluding carboxylic acids is 2. The Balaban J connectivity index is 1.63. The van der Waals surface area contributed by atoms with E-state index < -0.39 is 35.1 Å². The molecule has 1 atom stereocenters. The van der Waals surface area contributed by atoms with Gasteiger partial charge in [-0.3, -0.25) is 9.59 Å². The summed E-state index contributed by atoms with van der Waals surface area (Å²) in [7, 11) is 0. The molecular weight excluding hydrogens is 479 g/mol. The maximum Gasteiger partial charge on any atom is 0.416 e. The second kappa shape index (κ2) is 10.1. The van der Waals surface area contributed by atoms with Crippen molar-refractivity contribution in [2.24, 2.45) is 0 Å². The van der Waals surface area contributed by atoms with Gasteiger partial charge in [-0.05, 0) is 48.7 Å². The Morgan fingerprint density at radius 2 is 1.57 bits per heavy atom. The lowest BCUT2D eigenvalue weighted by molar-refractivity contribution is -0.160. The van der Waals surface area contributed by atoms with Crippen LogP contribution in [0.5, 0.6) is 0 Å². The summed E-state index contributed by atoms with van der Waals surface area (Å²) in [6, 6.07) is 19.7. The van der Waals surface area contributed by atoms with Crippen molar-refractivity contribution in [2.75, 3.05) is 5.32 Å². The van der Waals surface area contributed by atoms with Crippen molar-refractivity contribution in [3.8, 4) is 0 Å². The van der Waals surface area contributed by atoms with Gasteiger partial charge in [0.25, 0.3) is 5.91 Å². The van der Waals surface area contributed by atoms with Crippen LogP contribution in [0.15, 0.2) is 78.9 Å². The predicted octanol–water partition coefficient (Wildman–Crippen LogP) is 7.09. The zero-order valence-electron chi connectivity index (χ0n) is 18.6. The van der Waals surface area contributed by atoms with E-state index in [-0.39, 0.29) is 5.69 Å². The van der Waals surface area contributed by atoms with E-state index in [2.05, 4.69) is 5.32 Å². The molecule has 1 aliphatic carbocycles. The van der Waals surface area contributed by atoms with Crippen molar-refractivity contribution in [3.63, 3.8) is 0 Å². The van der Waals surface area contributed by atoms with E-state index in [1.807, 2.05) is 0 Å². The zero-order chi connectivity index (χ0) is 25.1. The first kappa shape index (κ1) is 24.8. The molecule has 35 heavy (non-hydrogen) atoms. The molecule has 8 heteroatoms. The van der Waals surface area contributed by atoms with Crippen molar-refractivity contribution in [1.82, 2.24) is 0 Å². The highest BCUT2D eigenvalue weighted by molar-refractivity contribution is 6.30. The lowest BCUT2D eigenvalue weighted by Gasteiger charge is -2.30. The molecule has 4 nitrogen and oxygen atoms in total. The fourth-order valence-corrected chi connectivity index (χ4v) is 4.59. The molecule has 1 aliphatic rings. The Morgan fingerprint density at radius 3 is 2.20 bits per heavy atom. The number of carbonyl (C=O) groups is 2. The van der Waals surface area contributed by atoms with Gasteiger partial charge in [-0.2, -0.15) is 13.2 Å². The van der Waals surface area contributed by atoms with Gasteiger partial charge < -0.3 is 10.1 Å². The fraction of sp³-hybridized carbons (Fsp3) is 0.259. The van der Waals surface area contributed by atoms with Crippen LogP contribution in [0.25, 0.3) is 0 Å². The number of ether oxygens (including phenoxy) is 1. The van der Waals surface area contributed by atoms with Crippen LogP contribution in [0.3, 0.4) is 0 Å². The number of esters is 1. The van der Waals surface area contributed by atoms with E-state index in [1.54, 1.807) is 54.6 Å². The first-order valence-corrected chi connectivity index (χ1v) is 11.6. The Labute approximate surface area is 206 Å². The SMILES string of the molecule is O=C(Nc1cccc(C(F)(F)F)c1)[C@H](OC(=O)C1(c2ccc(Cl)cc2)CCCC1)c1ccccc1. The second-order valence-electron chi connectivity index (χ2n) is 8.56. The van der Waals surface area contributed by atoms with Crippen molar-refractivity contribution in [1.29, 1.82) is 0 Å². The standard InChI is InChI=1S/C27H23ClF3NO3/c28-21-13-11-19(12-14-21)26(15-4-5-16-26)25(34)35-23(18-7-2-1-3-8-18)24(33)32-22-10-6-9-20(17-22)27(29,30)31/h1-3,6-14,17,23H,4-5,15-16H2,(H,32,33)/t23-/m1/s1. The zero-order valence-corrected chi connectivity index (χ0v) is 19.4. The van der Waals surface area contributed by atoms with Crippen molar-refractivity contribution < 1.29 is 27.5 Å². The van der Waals surface area contributed by atoms with Crippen LogP contribution in [0.2, 0.25) is 5.02 Å². The molecule has 3 aromatic rings. The van der Waals surface area contributed by atoms with Gasteiger partial charge in [0.2, 0.25) is 6.10 Å². The molecule has 1 saturated carbocycles. The van der Waals surface area contributed by atoms with Crippen LogP contribution in [0, 0.1) is 0 Å². The summed E-state index contributed by atoms with van der Waals surface area (Å²) in [6.07, 6.45) is -3.13. The summed E-state index contributed by atoms with van der Waals surface area (Å²) in [5, 5.41) is 3.01. The fourth-order valence-electron chi connectivity index (χ4n) is 4.46. The second-order valence-corrected chi connectivity index (χ2v) is 9.00. The molecule has 0 heterocycles. The minimum absolute atomic E-state index is 0.0462. The number of hydrogen-bond donors (Lipinski definition) is 1. The highest BCUT2D eigenvalue weighted by Gasteiger charge is 2.46. The maximum absolute atomic E-state index is 13.6. The van der Waals surface area contributed by atoms with E-state index in [0.29, 0.717) is 23.4 Å². The number of benzene rings is 3. The highest BCUT2D eigenvalue weighted by atomic mass is 35.5. The Morgan fingerprint density at radius 1 is 0.914 bits per heavy atom. The largest absolute Gasteiger partial charge is 0.447 e. The smallest absolute Gasteiger partial charge is 0.416 e. The van der Waals surface area contributed by atoms with Gasteiger partial charge in [0.15, 0.2) is 0 Å². The number of hydrogen-bond acceptors (Lipinski definition) is 3. The van der Waals surface area contributed by atoms with E-state index in [0.717, 1.165) is 30.5 Å². The van der Waals surface area contributed by atoms with E-state index in [9.17, 15) is 22.8 Å². The van der Waals surface area contributed by atoms with Crippen molar-refractivity contribution in [3.05, 3.63) is 101 Å². The van der Waals surface area contributed by atoms with Crippen LogP contribution in [-0.2, 0) is 25.9 Å². The average molecular weight is 502 g/mol. The molecule has 4 rings (SSSR count). The number of amides is 1. The van der Waals surface area contributed by atoms with E-state index in [1.165, 1.54) is 12.1 Å². The topological polar surface area (TPSA) is 55.4 Å². The van der Waals surface area contributed by atoms with Crippen LogP contribution in [0.4, 0.5) is 18.9 Å². The molecule has 1 N–H and O–H groups in total. The number of nitrogens with one attached hydrogen (secondary N) is 1. The monoisotopic (exact) mass is 501 g/mol. The molecule has 0 unspecified atom stereocenters. The number of alkyl halides is 3. The van der Waals surface area contributed by atoms with Crippen LogP contribution >= 0.6 is 11.6 Å². The molecular formula is C27H23ClF3NO3. The van der Waals surface area contributed by atoms with Gasteiger partial charge in [-0.15, -0.1) is 0 Å². The highest BCUT2D eigenvalue weighted by Crippen LogP contribution is 2.43. The summed E-state index contributed by atoms with van der Waals surface area (Å²) in [5.41, 5.74) is -0.691. The lowest BCUT2D eigenvalue weighted by atomic mass is 9.79. The average Bonchev–Trinajstić information content (AvgIpc) is 3.34. The molecule has 0 saturated heterocycles. The molecule has 3 aromatic carbocycles. The van der Waals surface area contributed by atoms with Crippen LogP contribution < -0.4 is 5.32 Å². The van der Waals surface area contributed by atoms with Gasteiger partial charge >= 0.3 is 12.1 Å². The number of halogens is 4.